The predicted octanol–water partition coefficient (Wildman–Crippen LogP) is 6.25. The van der Waals surface area contributed by atoms with Crippen molar-refractivity contribution < 1.29 is 9.53 Å². The molecule has 4 aromatic rings. The largest absolute Gasteiger partial charge is 0.489 e. The number of hydrogen-bond donors (Lipinski definition) is 1. The van der Waals surface area contributed by atoms with Crippen LogP contribution in [-0.2, 0) is 18.9 Å². The van der Waals surface area contributed by atoms with Crippen molar-refractivity contribution in [3.05, 3.63) is 112 Å². The van der Waals surface area contributed by atoms with Gasteiger partial charge < -0.3 is 10.1 Å². The van der Waals surface area contributed by atoms with Gasteiger partial charge >= 0.3 is 0 Å². The second-order valence-electron chi connectivity index (χ2n) is 7.24. The summed E-state index contributed by atoms with van der Waals surface area (Å²) in [6, 6.07) is 25.6. The van der Waals surface area contributed by atoms with Gasteiger partial charge in [-0.15, -0.1) is 23.1 Å². The van der Waals surface area contributed by atoms with E-state index < -0.39 is 0 Å². The number of rotatable bonds is 9. The number of ether oxygens (including phenoxy) is 1. The van der Waals surface area contributed by atoms with Crippen molar-refractivity contribution in [1.82, 2.24) is 10.3 Å². The molecular formula is C26H24N2O2S2. The molecule has 0 aliphatic rings. The van der Waals surface area contributed by atoms with Gasteiger partial charge in [0.1, 0.15) is 12.4 Å². The zero-order valence-electron chi connectivity index (χ0n) is 17.8. The second-order valence-corrected chi connectivity index (χ2v) is 9.32. The maximum Gasteiger partial charge on any atom is 0.252 e. The lowest BCUT2D eigenvalue weighted by atomic mass is 10.1. The van der Waals surface area contributed by atoms with Gasteiger partial charge in [-0.2, -0.15) is 0 Å². The minimum atomic E-state index is -0.0703. The third-order valence-corrected chi connectivity index (χ3v) is 6.73. The number of nitrogens with zero attached hydrogens (tertiary/aromatic N) is 1. The fourth-order valence-electron chi connectivity index (χ4n) is 3.12. The van der Waals surface area contributed by atoms with E-state index in [9.17, 15) is 4.79 Å². The molecule has 0 bridgehead atoms. The summed E-state index contributed by atoms with van der Waals surface area (Å²) in [6.45, 7) is 2.99. The molecule has 0 spiro atoms. The van der Waals surface area contributed by atoms with Gasteiger partial charge in [0.15, 0.2) is 0 Å². The number of benzene rings is 3. The maximum atomic E-state index is 12.8. The van der Waals surface area contributed by atoms with E-state index in [0.717, 1.165) is 38.2 Å². The van der Waals surface area contributed by atoms with Crippen LogP contribution in [0.4, 0.5) is 0 Å². The summed E-state index contributed by atoms with van der Waals surface area (Å²) in [5.74, 6) is 1.53. The quantitative estimate of drug-likeness (QED) is 0.300. The summed E-state index contributed by atoms with van der Waals surface area (Å²) in [5.41, 5.74) is 3.87. The summed E-state index contributed by atoms with van der Waals surface area (Å²) in [4.78, 5) is 18.3. The molecule has 4 rings (SSSR count). The number of hydrogen-bond acceptors (Lipinski definition) is 5. The summed E-state index contributed by atoms with van der Waals surface area (Å²) in [5, 5.41) is 6.17. The summed E-state index contributed by atoms with van der Waals surface area (Å²) in [7, 11) is 0. The Bertz CT molecular complexity index is 1160. The van der Waals surface area contributed by atoms with Crippen LogP contribution in [0, 0.1) is 6.92 Å². The van der Waals surface area contributed by atoms with Gasteiger partial charge in [-0.1, -0.05) is 54.6 Å². The summed E-state index contributed by atoms with van der Waals surface area (Å²) >= 11 is 3.29. The van der Waals surface area contributed by atoms with Gasteiger partial charge in [-0.25, -0.2) is 4.98 Å². The van der Waals surface area contributed by atoms with E-state index in [2.05, 4.69) is 15.7 Å². The minimum absolute atomic E-state index is 0.0703. The normalized spacial score (nSPS) is 10.7. The van der Waals surface area contributed by atoms with E-state index in [1.165, 1.54) is 0 Å². The van der Waals surface area contributed by atoms with E-state index in [1.807, 2.05) is 85.8 Å². The van der Waals surface area contributed by atoms with Crippen LogP contribution >= 0.6 is 23.1 Å². The number of aromatic nitrogens is 1. The summed E-state index contributed by atoms with van der Waals surface area (Å²) in [6.07, 6.45) is 0. The van der Waals surface area contributed by atoms with Crippen LogP contribution < -0.4 is 10.1 Å². The van der Waals surface area contributed by atoms with Crippen LogP contribution in [-0.4, -0.2) is 10.9 Å². The zero-order chi connectivity index (χ0) is 22.2. The highest BCUT2D eigenvalue weighted by molar-refractivity contribution is 7.98. The van der Waals surface area contributed by atoms with E-state index in [0.29, 0.717) is 18.7 Å². The number of amides is 1. The van der Waals surface area contributed by atoms with Crippen molar-refractivity contribution in [2.45, 2.75) is 30.7 Å². The fraction of sp³-hybridized carbons (Fsp3) is 0.154. The Hall–Kier alpha value is -3.09. The highest BCUT2D eigenvalue weighted by Gasteiger charge is 2.12. The van der Waals surface area contributed by atoms with Crippen molar-refractivity contribution in [2.75, 3.05) is 0 Å². The molecule has 1 N–H and O–H groups in total. The molecule has 0 atom stereocenters. The maximum absolute atomic E-state index is 12.8. The molecule has 3 aromatic carbocycles. The number of nitrogens with one attached hydrogen (secondary N) is 1. The van der Waals surface area contributed by atoms with Crippen LogP contribution in [0.2, 0.25) is 0 Å². The molecule has 0 aliphatic carbocycles. The first kappa shape index (κ1) is 22.1. The number of carbonyl (C=O) groups is 1. The van der Waals surface area contributed by atoms with E-state index in [-0.39, 0.29) is 5.91 Å². The van der Waals surface area contributed by atoms with Gasteiger partial charge in [-0.05, 0) is 42.3 Å². The third kappa shape index (κ3) is 6.22. The van der Waals surface area contributed by atoms with Crippen molar-refractivity contribution in [3.8, 4) is 5.75 Å². The smallest absolute Gasteiger partial charge is 0.252 e. The zero-order valence-corrected chi connectivity index (χ0v) is 19.4. The first-order valence-electron chi connectivity index (χ1n) is 10.3. The van der Waals surface area contributed by atoms with Crippen molar-refractivity contribution >= 4 is 29.0 Å². The van der Waals surface area contributed by atoms with Gasteiger partial charge in [0.05, 0.1) is 16.3 Å². The number of aryl methyl sites for hydroxylation is 1. The van der Waals surface area contributed by atoms with Crippen molar-refractivity contribution in [2.24, 2.45) is 0 Å². The van der Waals surface area contributed by atoms with Gasteiger partial charge in [0.2, 0.25) is 0 Å². The number of thiazole rings is 1. The third-order valence-electron chi connectivity index (χ3n) is 4.80. The van der Waals surface area contributed by atoms with Crippen LogP contribution in [0.15, 0.2) is 89.1 Å². The number of thioether (sulfide) groups is 1. The Labute approximate surface area is 196 Å². The van der Waals surface area contributed by atoms with Gasteiger partial charge in [-0.3, -0.25) is 4.79 Å². The molecule has 6 heteroatoms. The SMILES string of the molecule is Cc1nc(CSc2ccccc2C(=O)NCc2ccc(COc3ccccc3)cc2)cs1. The first-order chi connectivity index (χ1) is 15.7. The highest BCUT2D eigenvalue weighted by atomic mass is 32.2. The van der Waals surface area contributed by atoms with Gasteiger partial charge in [0, 0.05) is 22.6 Å². The second kappa shape index (κ2) is 11.0. The van der Waals surface area contributed by atoms with Gasteiger partial charge in [0.25, 0.3) is 5.91 Å². The van der Waals surface area contributed by atoms with Crippen LogP contribution in [0.1, 0.15) is 32.2 Å². The Kier molecular flexibility index (Phi) is 7.59. The first-order valence-corrected chi connectivity index (χ1v) is 12.2. The molecule has 0 saturated carbocycles. The molecule has 0 radical (unpaired) electrons. The topological polar surface area (TPSA) is 51.2 Å². The Morgan fingerprint density at radius 3 is 2.44 bits per heavy atom. The molecular weight excluding hydrogens is 436 g/mol. The standard InChI is InChI=1S/C26H24N2O2S2/c1-19-28-22(17-31-19)18-32-25-10-6-5-9-24(25)26(29)27-15-20-11-13-21(14-12-20)16-30-23-7-3-2-4-8-23/h2-14,17H,15-16,18H2,1H3,(H,27,29). The number of para-hydroxylation sites is 1. The lowest BCUT2D eigenvalue weighted by Gasteiger charge is -2.10. The summed E-state index contributed by atoms with van der Waals surface area (Å²) < 4.78 is 5.78. The molecule has 32 heavy (non-hydrogen) atoms. The Balaban J connectivity index is 1.30. The average Bonchev–Trinajstić information content (AvgIpc) is 3.26. The molecule has 0 saturated heterocycles. The van der Waals surface area contributed by atoms with E-state index in [4.69, 9.17) is 4.74 Å². The lowest BCUT2D eigenvalue weighted by molar-refractivity contribution is 0.0948. The molecule has 1 aromatic heterocycles. The molecule has 1 amide bonds. The molecule has 1 heterocycles. The van der Waals surface area contributed by atoms with Crippen molar-refractivity contribution in [3.63, 3.8) is 0 Å². The Morgan fingerprint density at radius 1 is 0.969 bits per heavy atom. The molecule has 0 unspecified atom stereocenters. The number of carbonyl (C=O) groups excluding carboxylic acids is 1. The van der Waals surface area contributed by atoms with Crippen LogP contribution in [0.5, 0.6) is 5.75 Å². The average molecular weight is 461 g/mol. The predicted molar refractivity (Wildman–Crippen MR) is 131 cm³/mol. The van der Waals surface area contributed by atoms with Crippen LogP contribution in [0.3, 0.4) is 0 Å². The monoisotopic (exact) mass is 460 g/mol. The van der Waals surface area contributed by atoms with Crippen LogP contribution in [0.25, 0.3) is 0 Å². The Morgan fingerprint density at radius 2 is 1.69 bits per heavy atom. The molecule has 0 fully saturated rings. The highest BCUT2D eigenvalue weighted by Crippen LogP contribution is 2.27. The van der Waals surface area contributed by atoms with E-state index >= 15 is 0 Å². The minimum Gasteiger partial charge on any atom is -0.489 e. The molecule has 0 aliphatic heterocycles. The molecule has 4 nitrogen and oxygen atoms in total. The van der Waals surface area contributed by atoms with E-state index in [1.54, 1.807) is 23.1 Å². The molecule has 162 valence electrons. The lowest BCUT2D eigenvalue weighted by Crippen LogP contribution is -2.23. The van der Waals surface area contributed by atoms with Crippen molar-refractivity contribution in [1.29, 1.82) is 0 Å². The fourth-order valence-corrected chi connectivity index (χ4v) is 4.78.